The Kier molecular flexibility index (Phi) is 6.07. The summed E-state index contributed by atoms with van der Waals surface area (Å²) in [4.78, 5) is 14.7. The van der Waals surface area contributed by atoms with E-state index in [-0.39, 0.29) is 17.7 Å². The Labute approximate surface area is 162 Å². The number of ether oxygens (including phenoxy) is 1. The van der Waals surface area contributed by atoms with Gasteiger partial charge in [0, 0.05) is 19.7 Å². The van der Waals surface area contributed by atoms with Crippen LogP contribution in [0, 0.1) is 6.92 Å². The zero-order valence-corrected chi connectivity index (χ0v) is 16.0. The van der Waals surface area contributed by atoms with Crippen molar-refractivity contribution in [1.29, 1.82) is 0 Å². The SMILES string of the molecule is CCCO[C@H]1CCCN(C(=O)c2cnn(-c3cccc(C(F)(F)F)c3)c2C)C1. The van der Waals surface area contributed by atoms with Crippen molar-refractivity contribution in [1.82, 2.24) is 14.7 Å². The van der Waals surface area contributed by atoms with Gasteiger partial charge in [-0.2, -0.15) is 18.3 Å². The molecule has 1 atom stereocenters. The molecule has 1 aliphatic rings. The lowest BCUT2D eigenvalue weighted by Gasteiger charge is -2.32. The molecule has 1 aromatic carbocycles. The van der Waals surface area contributed by atoms with Gasteiger partial charge in [0.05, 0.1) is 34.8 Å². The minimum absolute atomic E-state index is 0.0245. The number of benzene rings is 1. The molecule has 1 aliphatic heterocycles. The van der Waals surface area contributed by atoms with Gasteiger partial charge >= 0.3 is 6.18 Å². The zero-order valence-electron chi connectivity index (χ0n) is 16.0. The van der Waals surface area contributed by atoms with Crippen LogP contribution in [0.4, 0.5) is 13.2 Å². The van der Waals surface area contributed by atoms with Crippen molar-refractivity contribution in [2.24, 2.45) is 0 Å². The summed E-state index contributed by atoms with van der Waals surface area (Å²) >= 11 is 0. The van der Waals surface area contributed by atoms with Gasteiger partial charge in [-0.1, -0.05) is 13.0 Å². The number of aromatic nitrogens is 2. The van der Waals surface area contributed by atoms with E-state index in [2.05, 4.69) is 5.10 Å². The molecular weight excluding hydrogens is 371 g/mol. The molecule has 0 radical (unpaired) electrons. The highest BCUT2D eigenvalue weighted by atomic mass is 19.4. The summed E-state index contributed by atoms with van der Waals surface area (Å²) in [5.74, 6) is -0.166. The van der Waals surface area contributed by atoms with Gasteiger partial charge in [0.25, 0.3) is 5.91 Å². The second kappa shape index (κ2) is 8.34. The van der Waals surface area contributed by atoms with Crippen LogP contribution in [0.5, 0.6) is 0 Å². The summed E-state index contributed by atoms with van der Waals surface area (Å²) in [7, 11) is 0. The third-order valence-corrected chi connectivity index (χ3v) is 4.88. The maximum atomic E-state index is 13.0. The van der Waals surface area contributed by atoms with Gasteiger partial charge in [0.2, 0.25) is 0 Å². The van der Waals surface area contributed by atoms with Gasteiger partial charge in [-0.05, 0) is 44.4 Å². The van der Waals surface area contributed by atoms with E-state index in [1.807, 2.05) is 6.92 Å². The van der Waals surface area contributed by atoms with E-state index >= 15 is 0 Å². The fraction of sp³-hybridized carbons (Fsp3) is 0.500. The predicted octanol–water partition coefficient (Wildman–Crippen LogP) is 4.23. The Bertz CT molecular complexity index is 832. The third-order valence-electron chi connectivity index (χ3n) is 4.88. The van der Waals surface area contributed by atoms with Crippen molar-refractivity contribution < 1.29 is 22.7 Å². The second-order valence-electron chi connectivity index (χ2n) is 6.99. The predicted molar refractivity (Wildman–Crippen MR) is 98.5 cm³/mol. The second-order valence-corrected chi connectivity index (χ2v) is 6.99. The smallest absolute Gasteiger partial charge is 0.376 e. The average Bonchev–Trinajstić information content (AvgIpc) is 3.07. The van der Waals surface area contributed by atoms with Gasteiger partial charge in [0.15, 0.2) is 0 Å². The number of alkyl halides is 3. The van der Waals surface area contributed by atoms with E-state index in [4.69, 9.17) is 4.74 Å². The Balaban J connectivity index is 1.80. The number of carbonyl (C=O) groups excluding carboxylic acids is 1. The van der Waals surface area contributed by atoms with Crippen molar-refractivity contribution >= 4 is 5.91 Å². The molecular formula is C20H24F3N3O2. The maximum Gasteiger partial charge on any atom is 0.416 e. The van der Waals surface area contributed by atoms with E-state index in [9.17, 15) is 18.0 Å². The largest absolute Gasteiger partial charge is 0.416 e. The van der Waals surface area contributed by atoms with Crippen molar-refractivity contribution in [2.75, 3.05) is 19.7 Å². The van der Waals surface area contributed by atoms with Gasteiger partial charge < -0.3 is 9.64 Å². The zero-order chi connectivity index (χ0) is 20.3. The van der Waals surface area contributed by atoms with Crippen LogP contribution >= 0.6 is 0 Å². The summed E-state index contributed by atoms with van der Waals surface area (Å²) in [6, 6.07) is 4.92. The van der Waals surface area contributed by atoms with Crippen LogP contribution in [0.2, 0.25) is 0 Å². The molecule has 0 saturated carbocycles. The first kappa shape index (κ1) is 20.4. The number of halogens is 3. The summed E-state index contributed by atoms with van der Waals surface area (Å²) in [5.41, 5.74) is 0.434. The molecule has 1 amide bonds. The van der Waals surface area contributed by atoms with Crippen LogP contribution < -0.4 is 0 Å². The first-order valence-corrected chi connectivity index (χ1v) is 9.44. The topological polar surface area (TPSA) is 47.4 Å². The van der Waals surface area contributed by atoms with Gasteiger partial charge in [0.1, 0.15) is 0 Å². The van der Waals surface area contributed by atoms with Gasteiger partial charge in [-0.3, -0.25) is 4.79 Å². The summed E-state index contributed by atoms with van der Waals surface area (Å²) in [5, 5.41) is 4.16. The lowest BCUT2D eigenvalue weighted by molar-refractivity contribution is -0.137. The molecule has 0 N–H and O–H groups in total. The average molecular weight is 395 g/mol. The van der Waals surface area contributed by atoms with Crippen molar-refractivity contribution in [3.8, 4) is 5.69 Å². The number of rotatable bonds is 5. The maximum absolute atomic E-state index is 13.0. The molecule has 0 aliphatic carbocycles. The summed E-state index contributed by atoms with van der Waals surface area (Å²) in [6.07, 6.45) is -0.275. The summed E-state index contributed by atoms with van der Waals surface area (Å²) in [6.45, 7) is 5.55. The van der Waals surface area contributed by atoms with Gasteiger partial charge in [-0.25, -0.2) is 4.68 Å². The fourth-order valence-electron chi connectivity index (χ4n) is 3.41. The molecule has 1 saturated heterocycles. The van der Waals surface area contributed by atoms with Crippen LogP contribution in [0.1, 0.15) is 47.8 Å². The first-order valence-electron chi connectivity index (χ1n) is 9.44. The van der Waals surface area contributed by atoms with E-state index in [1.165, 1.54) is 16.9 Å². The molecule has 8 heteroatoms. The Morgan fingerprint density at radius 1 is 1.36 bits per heavy atom. The first-order chi connectivity index (χ1) is 13.3. The Morgan fingerprint density at radius 3 is 2.86 bits per heavy atom. The van der Waals surface area contributed by atoms with Crippen molar-refractivity contribution in [2.45, 2.75) is 45.4 Å². The fourth-order valence-corrected chi connectivity index (χ4v) is 3.41. The molecule has 5 nitrogen and oxygen atoms in total. The van der Waals surface area contributed by atoms with Crippen LogP contribution in [0.3, 0.4) is 0 Å². The molecule has 0 unspecified atom stereocenters. The molecule has 28 heavy (non-hydrogen) atoms. The van der Waals surface area contributed by atoms with Crippen LogP contribution in [0.25, 0.3) is 5.69 Å². The Hall–Kier alpha value is -2.35. The number of hydrogen-bond donors (Lipinski definition) is 0. The number of amides is 1. The van der Waals surface area contributed by atoms with Gasteiger partial charge in [-0.15, -0.1) is 0 Å². The van der Waals surface area contributed by atoms with E-state index in [0.717, 1.165) is 31.4 Å². The van der Waals surface area contributed by atoms with Crippen LogP contribution in [-0.2, 0) is 10.9 Å². The number of nitrogens with zero attached hydrogens (tertiary/aromatic N) is 3. The normalized spacial score (nSPS) is 17.8. The lowest BCUT2D eigenvalue weighted by Crippen LogP contribution is -2.43. The highest BCUT2D eigenvalue weighted by Crippen LogP contribution is 2.30. The number of piperidine rings is 1. The molecule has 1 fully saturated rings. The number of hydrogen-bond acceptors (Lipinski definition) is 3. The molecule has 0 bridgehead atoms. The van der Waals surface area contributed by atoms with Crippen LogP contribution in [0.15, 0.2) is 30.5 Å². The number of carbonyl (C=O) groups is 1. The molecule has 2 heterocycles. The molecule has 152 valence electrons. The minimum Gasteiger partial charge on any atom is -0.376 e. The highest BCUT2D eigenvalue weighted by molar-refractivity contribution is 5.95. The molecule has 3 rings (SSSR count). The third kappa shape index (κ3) is 4.38. The Morgan fingerprint density at radius 2 is 2.14 bits per heavy atom. The molecule has 2 aromatic rings. The highest BCUT2D eigenvalue weighted by Gasteiger charge is 2.31. The number of likely N-dealkylation sites (tertiary alicyclic amines) is 1. The summed E-state index contributed by atoms with van der Waals surface area (Å²) < 4.78 is 46.1. The standard InChI is InChI=1S/C20H24F3N3O2/c1-3-10-28-17-8-5-9-25(13-17)19(27)18-12-24-26(14(18)2)16-7-4-6-15(11-16)20(21,22)23/h4,6-7,11-12,17H,3,5,8-10,13H2,1-2H3/t17-/m0/s1. The molecule has 0 spiro atoms. The van der Waals surface area contributed by atoms with E-state index in [1.54, 1.807) is 17.9 Å². The van der Waals surface area contributed by atoms with Crippen molar-refractivity contribution in [3.05, 3.63) is 47.3 Å². The molecule has 1 aromatic heterocycles. The lowest BCUT2D eigenvalue weighted by atomic mass is 10.1. The van der Waals surface area contributed by atoms with Crippen LogP contribution in [-0.4, -0.2) is 46.4 Å². The van der Waals surface area contributed by atoms with E-state index < -0.39 is 11.7 Å². The van der Waals surface area contributed by atoms with Crippen molar-refractivity contribution in [3.63, 3.8) is 0 Å². The quantitative estimate of drug-likeness (QED) is 0.761. The minimum atomic E-state index is -4.43. The van der Waals surface area contributed by atoms with E-state index in [0.29, 0.717) is 31.0 Å². The monoisotopic (exact) mass is 395 g/mol.